The Morgan fingerprint density at radius 3 is 2.64 bits per heavy atom. The van der Waals surface area contributed by atoms with Crippen molar-refractivity contribution in [3.63, 3.8) is 0 Å². The molecule has 1 aliphatic heterocycles. The van der Waals surface area contributed by atoms with Gasteiger partial charge in [0.1, 0.15) is 0 Å². The van der Waals surface area contributed by atoms with Gasteiger partial charge in [0.15, 0.2) is 0 Å². The number of nitrogens with zero attached hydrogens (tertiary/aromatic N) is 1. The van der Waals surface area contributed by atoms with E-state index in [1.807, 2.05) is 16.7 Å². The van der Waals surface area contributed by atoms with Gasteiger partial charge in [-0.25, -0.2) is 0 Å². The van der Waals surface area contributed by atoms with Crippen molar-refractivity contribution in [2.24, 2.45) is 5.73 Å². The zero-order chi connectivity index (χ0) is 23.1. The van der Waals surface area contributed by atoms with Gasteiger partial charge in [-0.15, -0.1) is 0 Å². The van der Waals surface area contributed by atoms with Gasteiger partial charge in [0, 0.05) is 34.8 Å². The molecule has 2 heterocycles. The molecule has 1 amide bonds. The standard InChI is InChI=1S/C27H31N3O3/c1-2-16-6-13-23-21(14-16)26(24-4-3-5-25(32)30(23)24)17-7-12-20(27(28)33)22(15-17)29-18-8-10-19(31)11-9-18/h6-7,12-15,18-19,29,31H,2-5,8-11H2,1H3,(H2,28,33). The van der Waals surface area contributed by atoms with E-state index in [1.165, 1.54) is 5.56 Å². The maximum atomic E-state index is 12.9. The molecule has 6 nitrogen and oxygen atoms in total. The predicted octanol–water partition coefficient (Wildman–Crippen LogP) is 4.66. The Morgan fingerprint density at radius 2 is 1.91 bits per heavy atom. The predicted molar refractivity (Wildman–Crippen MR) is 131 cm³/mol. The molecule has 4 N–H and O–H groups in total. The highest BCUT2D eigenvalue weighted by Crippen LogP contribution is 2.40. The first-order valence-electron chi connectivity index (χ1n) is 12.0. The zero-order valence-electron chi connectivity index (χ0n) is 19.1. The lowest BCUT2D eigenvalue weighted by Gasteiger charge is -2.28. The first kappa shape index (κ1) is 21.7. The lowest BCUT2D eigenvalue weighted by Crippen LogP contribution is -2.29. The second kappa shape index (κ2) is 8.67. The van der Waals surface area contributed by atoms with Crippen LogP contribution in [-0.2, 0) is 12.8 Å². The van der Waals surface area contributed by atoms with Crippen molar-refractivity contribution in [3.05, 3.63) is 53.2 Å². The Balaban J connectivity index is 1.65. The van der Waals surface area contributed by atoms with Crippen molar-refractivity contribution in [2.45, 2.75) is 70.4 Å². The van der Waals surface area contributed by atoms with Crippen LogP contribution in [0.2, 0.25) is 0 Å². The molecule has 0 bridgehead atoms. The molecule has 0 saturated heterocycles. The molecule has 5 rings (SSSR count). The van der Waals surface area contributed by atoms with Crippen molar-refractivity contribution >= 4 is 28.4 Å². The van der Waals surface area contributed by atoms with Crippen LogP contribution in [0.1, 0.15) is 71.9 Å². The molecule has 1 fully saturated rings. The number of anilines is 1. The minimum Gasteiger partial charge on any atom is -0.393 e. The van der Waals surface area contributed by atoms with Crippen molar-refractivity contribution in [3.8, 4) is 11.1 Å². The van der Waals surface area contributed by atoms with E-state index in [1.54, 1.807) is 6.07 Å². The summed E-state index contributed by atoms with van der Waals surface area (Å²) in [4.78, 5) is 25.0. The number of aliphatic hydroxyl groups is 1. The summed E-state index contributed by atoms with van der Waals surface area (Å²) in [6.07, 6.45) is 6.14. The number of nitrogens with one attached hydrogen (secondary N) is 1. The third kappa shape index (κ3) is 3.93. The van der Waals surface area contributed by atoms with Crippen LogP contribution >= 0.6 is 0 Å². The largest absolute Gasteiger partial charge is 0.393 e. The fourth-order valence-electron chi connectivity index (χ4n) is 5.45. The summed E-state index contributed by atoms with van der Waals surface area (Å²) in [5.41, 5.74) is 12.2. The van der Waals surface area contributed by atoms with Gasteiger partial charge in [-0.05, 0) is 80.3 Å². The maximum absolute atomic E-state index is 12.9. The number of primary amides is 1. The van der Waals surface area contributed by atoms with Crippen molar-refractivity contribution in [1.29, 1.82) is 0 Å². The van der Waals surface area contributed by atoms with E-state index in [9.17, 15) is 14.7 Å². The smallest absolute Gasteiger partial charge is 0.250 e. The van der Waals surface area contributed by atoms with Gasteiger partial charge < -0.3 is 16.2 Å². The fraction of sp³-hybridized carbons (Fsp3) is 0.407. The third-order valence-corrected chi connectivity index (χ3v) is 7.22. The highest BCUT2D eigenvalue weighted by molar-refractivity contribution is 6.06. The topological polar surface area (TPSA) is 97.3 Å². The Labute approximate surface area is 193 Å². The number of fused-ring (bicyclic) bond motifs is 3. The van der Waals surface area contributed by atoms with E-state index < -0.39 is 5.91 Å². The Hall–Kier alpha value is -3.12. The first-order valence-corrected chi connectivity index (χ1v) is 12.0. The molecule has 1 aliphatic carbocycles. The number of hydrogen-bond donors (Lipinski definition) is 3. The maximum Gasteiger partial charge on any atom is 0.250 e. The van der Waals surface area contributed by atoms with Gasteiger partial charge in [-0.1, -0.05) is 19.1 Å². The van der Waals surface area contributed by atoms with Crippen LogP contribution in [0.4, 0.5) is 5.69 Å². The van der Waals surface area contributed by atoms with Gasteiger partial charge in [-0.2, -0.15) is 0 Å². The molecule has 1 saturated carbocycles. The minimum absolute atomic E-state index is 0.143. The van der Waals surface area contributed by atoms with Crippen LogP contribution in [-0.4, -0.2) is 33.6 Å². The average Bonchev–Trinajstić information content (AvgIpc) is 3.15. The number of benzene rings is 2. The summed E-state index contributed by atoms with van der Waals surface area (Å²) in [5, 5.41) is 14.5. The van der Waals surface area contributed by atoms with Crippen LogP contribution in [0.25, 0.3) is 22.0 Å². The molecular formula is C27H31N3O3. The Morgan fingerprint density at radius 1 is 1.12 bits per heavy atom. The number of aromatic nitrogens is 1. The lowest BCUT2D eigenvalue weighted by molar-refractivity contribution is 0.0889. The summed E-state index contributed by atoms with van der Waals surface area (Å²) in [6.45, 7) is 2.13. The normalized spacial score (nSPS) is 20.6. The molecule has 0 unspecified atom stereocenters. The van der Waals surface area contributed by atoms with Crippen LogP contribution in [0.5, 0.6) is 0 Å². The summed E-state index contributed by atoms with van der Waals surface area (Å²) < 4.78 is 1.89. The van der Waals surface area contributed by atoms with Gasteiger partial charge in [0.2, 0.25) is 5.91 Å². The quantitative estimate of drug-likeness (QED) is 0.532. The van der Waals surface area contributed by atoms with E-state index in [0.29, 0.717) is 12.0 Å². The molecule has 2 aliphatic rings. The van der Waals surface area contributed by atoms with Crippen molar-refractivity contribution in [2.75, 3.05) is 5.32 Å². The number of aryl methyl sites for hydroxylation is 1. The van der Waals surface area contributed by atoms with Crippen LogP contribution in [0, 0.1) is 0 Å². The monoisotopic (exact) mass is 445 g/mol. The number of aliphatic hydroxyl groups excluding tert-OH is 1. The Bertz CT molecular complexity index is 1240. The summed E-state index contributed by atoms with van der Waals surface area (Å²) in [5.74, 6) is -0.322. The number of nitrogens with two attached hydrogens (primary N) is 1. The zero-order valence-corrected chi connectivity index (χ0v) is 19.1. The molecule has 172 valence electrons. The van der Waals surface area contributed by atoms with Gasteiger partial charge in [-0.3, -0.25) is 14.2 Å². The van der Waals surface area contributed by atoms with Crippen molar-refractivity contribution in [1.82, 2.24) is 4.57 Å². The molecule has 6 heteroatoms. The van der Waals surface area contributed by atoms with Gasteiger partial charge in [0.05, 0.1) is 17.2 Å². The highest BCUT2D eigenvalue weighted by atomic mass is 16.3. The molecule has 2 aromatic carbocycles. The lowest BCUT2D eigenvalue weighted by atomic mass is 9.92. The van der Waals surface area contributed by atoms with Crippen LogP contribution in [0.15, 0.2) is 36.4 Å². The van der Waals surface area contributed by atoms with E-state index in [0.717, 1.165) is 78.4 Å². The summed E-state index contributed by atoms with van der Waals surface area (Å²) >= 11 is 0. The Kier molecular flexibility index (Phi) is 5.71. The second-order valence-corrected chi connectivity index (χ2v) is 9.38. The molecular weight excluding hydrogens is 414 g/mol. The first-order chi connectivity index (χ1) is 16.0. The molecule has 0 radical (unpaired) electrons. The van der Waals surface area contributed by atoms with E-state index >= 15 is 0 Å². The second-order valence-electron chi connectivity index (χ2n) is 9.38. The number of carbonyl (C=O) groups excluding carboxylic acids is 2. The molecule has 33 heavy (non-hydrogen) atoms. The van der Waals surface area contributed by atoms with Crippen LogP contribution in [0.3, 0.4) is 0 Å². The van der Waals surface area contributed by atoms with E-state index in [2.05, 4.69) is 30.4 Å². The van der Waals surface area contributed by atoms with E-state index in [-0.39, 0.29) is 18.1 Å². The fourth-order valence-corrected chi connectivity index (χ4v) is 5.45. The molecule has 0 spiro atoms. The number of carbonyl (C=O) groups is 2. The minimum atomic E-state index is -0.466. The van der Waals surface area contributed by atoms with Gasteiger partial charge in [0.25, 0.3) is 5.91 Å². The number of amides is 1. The average molecular weight is 446 g/mol. The molecule has 3 aromatic rings. The van der Waals surface area contributed by atoms with Crippen LogP contribution < -0.4 is 11.1 Å². The van der Waals surface area contributed by atoms with Crippen molar-refractivity contribution < 1.29 is 14.7 Å². The van der Waals surface area contributed by atoms with E-state index in [4.69, 9.17) is 5.73 Å². The molecule has 1 aromatic heterocycles. The SMILES string of the molecule is CCc1ccc2c(c1)c(-c1ccc(C(N)=O)c(NC3CCC(O)CC3)c1)c1n2C(=O)CCC1. The number of hydrogen-bond acceptors (Lipinski definition) is 4. The summed E-state index contributed by atoms with van der Waals surface area (Å²) in [7, 11) is 0. The summed E-state index contributed by atoms with van der Waals surface area (Å²) in [6, 6.07) is 12.3. The third-order valence-electron chi connectivity index (χ3n) is 7.22. The number of rotatable bonds is 5. The van der Waals surface area contributed by atoms with Gasteiger partial charge >= 0.3 is 0 Å². The highest BCUT2D eigenvalue weighted by Gasteiger charge is 2.27. The molecule has 0 atom stereocenters.